The van der Waals surface area contributed by atoms with E-state index in [-0.39, 0.29) is 5.82 Å². The van der Waals surface area contributed by atoms with Crippen LogP contribution in [0.1, 0.15) is 5.56 Å². The largest absolute Gasteiger partial charge is 0.327 e. The molecule has 0 aromatic heterocycles. The van der Waals surface area contributed by atoms with Gasteiger partial charge in [-0.05, 0) is 17.7 Å². The van der Waals surface area contributed by atoms with Crippen molar-refractivity contribution >= 4 is 13.3 Å². The third kappa shape index (κ3) is 1.36. The maximum atomic E-state index is 12.5. The molecular weight excluding hydrogens is 128 g/mol. The molecule has 1 rings (SSSR count). The number of halogens is 1. The number of hydrogen-bond acceptors (Lipinski definition) is 1. The van der Waals surface area contributed by atoms with E-state index >= 15 is 0 Å². The predicted molar refractivity (Wildman–Crippen MR) is 42.5 cm³/mol. The highest BCUT2D eigenvalue weighted by atomic mass is 19.1. The molecule has 10 heavy (non-hydrogen) atoms. The molecule has 52 valence electrons. The van der Waals surface area contributed by atoms with Gasteiger partial charge in [-0.1, -0.05) is 11.5 Å². The number of nitrogens with two attached hydrogens (primary N) is 1. The van der Waals surface area contributed by atoms with Crippen molar-refractivity contribution < 1.29 is 4.39 Å². The van der Waals surface area contributed by atoms with E-state index in [0.717, 1.165) is 11.0 Å². The third-order valence-electron chi connectivity index (χ3n) is 1.53. The van der Waals surface area contributed by atoms with E-state index in [4.69, 9.17) is 5.73 Å². The first-order valence-electron chi connectivity index (χ1n) is 3.19. The minimum Gasteiger partial charge on any atom is -0.327 e. The Morgan fingerprint density at radius 2 is 2.20 bits per heavy atom. The van der Waals surface area contributed by atoms with Gasteiger partial charge in [-0.3, -0.25) is 0 Å². The van der Waals surface area contributed by atoms with Crippen molar-refractivity contribution in [3.63, 3.8) is 0 Å². The first-order chi connectivity index (χ1) is 4.74. The van der Waals surface area contributed by atoms with Gasteiger partial charge in [-0.2, -0.15) is 0 Å². The normalized spacial score (nSPS) is 9.80. The third-order valence-corrected chi connectivity index (χ3v) is 1.53. The summed E-state index contributed by atoms with van der Waals surface area (Å²) >= 11 is 0. The van der Waals surface area contributed by atoms with Gasteiger partial charge in [0, 0.05) is 6.54 Å². The Hall–Kier alpha value is -0.825. The summed E-state index contributed by atoms with van der Waals surface area (Å²) < 4.78 is 12.5. The van der Waals surface area contributed by atoms with Crippen LogP contribution >= 0.6 is 0 Å². The second-order valence-corrected chi connectivity index (χ2v) is 2.27. The van der Waals surface area contributed by atoms with E-state index in [1.165, 1.54) is 12.1 Å². The van der Waals surface area contributed by atoms with Gasteiger partial charge in [0.05, 0.1) is 0 Å². The van der Waals surface area contributed by atoms with Crippen LogP contribution in [-0.2, 0) is 6.54 Å². The maximum absolute atomic E-state index is 12.5. The van der Waals surface area contributed by atoms with E-state index in [1.807, 2.05) is 7.85 Å². The molecule has 1 nitrogen and oxygen atoms in total. The van der Waals surface area contributed by atoms with Crippen LogP contribution < -0.4 is 11.2 Å². The molecule has 0 spiro atoms. The zero-order valence-electron chi connectivity index (χ0n) is 5.89. The van der Waals surface area contributed by atoms with Crippen molar-refractivity contribution in [1.29, 1.82) is 0 Å². The van der Waals surface area contributed by atoms with Crippen LogP contribution in [0.4, 0.5) is 4.39 Å². The van der Waals surface area contributed by atoms with E-state index in [9.17, 15) is 4.39 Å². The fourth-order valence-electron chi connectivity index (χ4n) is 0.860. The summed E-state index contributed by atoms with van der Waals surface area (Å²) in [7, 11) is 1.92. The van der Waals surface area contributed by atoms with Crippen molar-refractivity contribution in [3.8, 4) is 0 Å². The average Bonchev–Trinajstić information content (AvgIpc) is 1.94. The summed E-state index contributed by atoms with van der Waals surface area (Å²) in [5, 5.41) is 0. The lowest BCUT2D eigenvalue weighted by molar-refractivity contribution is 0.626. The van der Waals surface area contributed by atoms with Gasteiger partial charge in [0.15, 0.2) is 0 Å². The molecule has 0 atom stereocenters. The molecule has 2 N–H and O–H groups in total. The predicted octanol–water partition coefficient (Wildman–Crippen LogP) is -0.457. The highest BCUT2D eigenvalue weighted by Crippen LogP contribution is 1.98. The first-order valence-corrected chi connectivity index (χ1v) is 3.19. The molecule has 1 aromatic rings. The number of benzene rings is 1. The number of hydrogen-bond donors (Lipinski definition) is 1. The molecule has 0 aliphatic heterocycles. The molecule has 1 aromatic carbocycles. The molecule has 0 heterocycles. The van der Waals surface area contributed by atoms with Crippen LogP contribution in [-0.4, -0.2) is 7.85 Å². The molecule has 0 saturated heterocycles. The van der Waals surface area contributed by atoms with Crippen molar-refractivity contribution in [2.45, 2.75) is 6.54 Å². The van der Waals surface area contributed by atoms with Crippen molar-refractivity contribution in [1.82, 2.24) is 0 Å². The van der Waals surface area contributed by atoms with Gasteiger partial charge in [0.1, 0.15) is 13.7 Å². The smallest absolute Gasteiger partial charge is 0.139 e. The lowest BCUT2D eigenvalue weighted by Crippen LogP contribution is -2.13. The zero-order valence-corrected chi connectivity index (χ0v) is 5.89. The highest BCUT2D eigenvalue weighted by molar-refractivity contribution is 6.33. The summed E-state index contributed by atoms with van der Waals surface area (Å²) in [6.45, 7) is 0.406. The van der Waals surface area contributed by atoms with Gasteiger partial charge < -0.3 is 5.73 Å². The van der Waals surface area contributed by atoms with Crippen molar-refractivity contribution in [2.75, 3.05) is 0 Å². The molecule has 0 unspecified atom stereocenters. The molecule has 0 fully saturated rings. The van der Waals surface area contributed by atoms with Crippen LogP contribution in [0.3, 0.4) is 0 Å². The van der Waals surface area contributed by atoms with E-state index < -0.39 is 0 Å². The monoisotopic (exact) mass is 137 g/mol. The second-order valence-electron chi connectivity index (χ2n) is 2.27. The van der Waals surface area contributed by atoms with Crippen LogP contribution in [0.15, 0.2) is 18.2 Å². The van der Waals surface area contributed by atoms with Gasteiger partial charge in [0.2, 0.25) is 0 Å². The molecule has 0 radical (unpaired) electrons. The summed E-state index contributed by atoms with van der Waals surface area (Å²) in [5.74, 6) is -0.217. The standard InChI is InChI=1S/C7H9BFN/c8-7-2-1-6(9)3-5(7)4-10/h1-3H,4,8,10H2. The highest BCUT2D eigenvalue weighted by Gasteiger charge is 1.95. The molecule has 3 heteroatoms. The molecular formula is C7H9BFN. The van der Waals surface area contributed by atoms with E-state index in [2.05, 4.69) is 0 Å². The van der Waals surface area contributed by atoms with Crippen LogP contribution in [0, 0.1) is 5.82 Å². The summed E-state index contributed by atoms with van der Waals surface area (Å²) in [4.78, 5) is 0. The topological polar surface area (TPSA) is 26.0 Å². The van der Waals surface area contributed by atoms with Crippen molar-refractivity contribution in [3.05, 3.63) is 29.6 Å². The van der Waals surface area contributed by atoms with E-state index in [0.29, 0.717) is 6.54 Å². The molecule has 0 aliphatic rings. The summed E-state index contributed by atoms with van der Waals surface area (Å²) in [5.41, 5.74) is 7.27. The molecule has 0 aliphatic carbocycles. The lowest BCUT2D eigenvalue weighted by atomic mass is 9.91. The fourth-order valence-corrected chi connectivity index (χ4v) is 0.860. The Labute approximate surface area is 60.5 Å². The van der Waals surface area contributed by atoms with Crippen molar-refractivity contribution in [2.24, 2.45) is 5.73 Å². The zero-order chi connectivity index (χ0) is 7.56. The summed E-state index contributed by atoms with van der Waals surface area (Å²) in [6.07, 6.45) is 0. The number of rotatable bonds is 1. The first kappa shape index (κ1) is 7.28. The lowest BCUT2D eigenvalue weighted by Gasteiger charge is -2.00. The van der Waals surface area contributed by atoms with Gasteiger partial charge in [-0.15, -0.1) is 0 Å². The Morgan fingerprint density at radius 1 is 1.50 bits per heavy atom. The van der Waals surface area contributed by atoms with Gasteiger partial charge in [0.25, 0.3) is 0 Å². The van der Waals surface area contributed by atoms with E-state index in [1.54, 1.807) is 6.07 Å². The van der Waals surface area contributed by atoms with Crippen LogP contribution in [0.25, 0.3) is 0 Å². The maximum Gasteiger partial charge on any atom is 0.139 e. The Kier molecular flexibility index (Phi) is 2.07. The summed E-state index contributed by atoms with van der Waals surface area (Å²) in [6, 6.07) is 4.64. The second kappa shape index (κ2) is 2.84. The van der Waals surface area contributed by atoms with Crippen LogP contribution in [0.2, 0.25) is 0 Å². The SMILES string of the molecule is Bc1ccc(F)cc1CN. The fraction of sp³-hybridized carbons (Fsp3) is 0.143. The Balaban J connectivity index is 3.09. The molecule has 0 amide bonds. The quantitative estimate of drug-likeness (QED) is 0.521. The Bertz CT molecular complexity index is 237. The van der Waals surface area contributed by atoms with Gasteiger partial charge in [-0.25, -0.2) is 4.39 Å². The van der Waals surface area contributed by atoms with Gasteiger partial charge >= 0.3 is 0 Å². The minimum atomic E-state index is -0.217. The minimum absolute atomic E-state index is 0.217. The average molecular weight is 137 g/mol. The Morgan fingerprint density at radius 3 is 2.70 bits per heavy atom. The molecule has 0 bridgehead atoms. The van der Waals surface area contributed by atoms with Crippen LogP contribution in [0.5, 0.6) is 0 Å². The molecule has 0 saturated carbocycles.